The summed E-state index contributed by atoms with van der Waals surface area (Å²) in [5, 5.41) is 20.0. The highest BCUT2D eigenvalue weighted by atomic mass is 16.6. The van der Waals surface area contributed by atoms with Gasteiger partial charge in [-0.3, -0.25) is 9.69 Å². The number of phenols is 1. The maximum atomic E-state index is 12.3. The van der Waals surface area contributed by atoms with Crippen molar-refractivity contribution in [1.82, 2.24) is 9.47 Å². The Labute approximate surface area is 145 Å². The molecule has 2 aromatic rings. The third-order valence-electron chi connectivity index (χ3n) is 4.22. The predicted octanol–water partition coefficient (Wildman–Crippen LogP) is 3.11. The molecule has 7 heteroatoms. The van der Waals surface area contributed by atoms with Gasteiger partial charge < -0.3 is 19.5 Å². The first-order valence-electron chi connectivity index (χ1n) is 8.19. The summed E-state index contributed by atoms with van der Waals surface area (Å²) in [6, 6.07) is 6.25. The Balaban J connectivity index is 2.00. The van der Waals surface area contributed by atoms with E-state index in [2.05, 4.69) is 0 Å². The number of hydrogen-bond donors (Lipinski definition) is 2. The molecule has 1 aliphatic rings. The van der Waals surface area contributed by atoms with Crippen molar-refractivity contribution in [3.05, 3.63) is 30.0 Å². The summed E-state index contributed by atoms with van der Waals surface area (Å²) >= 11 is 0. The number of carbonyl (C=O) groups excluding carboxylic acids is 1. The van der Waals surface area contributed by atoms with Gasteiger partial charge in [-0.2, -0.15) is 0 Å². The van der Waals surface area contributed by atoms with Crippen molar-refractivity contribution in [3.8, 4) is 5.75 Å². The number of rotatable bonds is 2. The lowest BCUT2D eigenvalue weighted by Gasteiger charge is -2.35. The predicted molar refractivity (Wildman–Crippen MR) is 91.5 cm³/mol. The number of esters is 1. The molecule has 0 spiro atoms. The molecule has 0 saturated carbocycles. The van der Waals surface area contributed by atoms with E-state index in [4.69, 9.17) is 4.74 Å². The number of phenolic OH excluding ortho intramolecular Hbond substituents is 1. The summed E-state index contributed by atoms with van der Waals surface area (Å²) in [5.74, 6) is -0.292. The van der Waals surface area contributed by atoms with E-state index in [0.717, 1.165) is 16.6 Å². The van der Waals surface area contributed by atoms with E-state index in [1.807, 2.05) is 10.6 Å². The molecule has 1 aliphatic heterocycles. The van der Waals surface area contributed by atoms with Crippen molar-refractivity contribution in [2.45, 2.75) is 45.4 Å². The molecule has 3 rings (SSSR count). The highest BCUT2D eigenvalue weighted by Crippen LogP contribution is 2.35. The lowest BCUT2D eigenvalue weighted by atomic mass is 10.1. The van der Waals surface area contributed by atoms with Crippen LogP contribution in [0.2, 0.25) is 0 Å². The van der Waals surface area contributed by atoms with Crippen LogP contribution in [0.1, 0.15) is 38.9 Å². The fraction of sp³-hybridized carbons (Fsp3) is 0.444. The molecule has 0 bridgehead atoms. The number of amides is 1. The minimum Gasteiger partial charge on any atom is -0.508 e. The van der Waals surface area contributed by atoms with Gasteiger partial charge in [-0.15, -0.1) is 0 Å². The zero-order chi connectivity index (χ0) is 18.4. The van der Waals surface area contributed by atoms with Crippen LogP contribution in [0.25, 0.3) is 10.9 Å². The molecule has 1 amide bonds. The second-order valence-electron chi connectivity index (χ2n) is 7.25. The van der Waals surface area contributed by atoms with Gasteiger partial charge in [-0.05, 0) is 45.0 Å². The molecule has 25 heavy (non-hydrogen) atoms. The van der Waals surface area contributed by atoms with Gasteiger partial charge in [0, 0.05) is 29.7 Å². The number of hydrogen-bond acceptors (Lipinski definition) is 4. The highest BCUT2D eigenvalue weighted by Gasteiger charge is 2.35. The third-order valence-corrected chi connectivity index (χ3v) is 4.22. The quantitative estimate of drug-likeness (QED) is 0.815. The van der Waals surface area contributed by atoms with Crippen molar-refractivity contribution in [1.29, 1.82) is 0 Å². The van der Waals surface area contributed by atoms with Crippen molar-refractivity contribution in [3.63, 3.8) is 0 Å². The number of carboxylic acid groups (broad SMARTS) is 1. The number of carbonyl (C=O) groups is 2. The normalized spacial score (nSPS) is 17.4. The molecule has 1 aromatic heterocycles. The lowest BCUT2D eigenvalue weighted by Crippen LogP contribution is -2.42. The minimum absolute atomic E-state index is 0.0497. The molecule has 1 unspecified atom stereocenters. The molecule has 2 N–H and O–H groups in total. The number of ether oxygens (including phenoxy) is 1. The van der Waals surface area contributed by atoms with Crippen LogP contribution < -0.4 is 0 Å². The first kappa shape index (κ1) is 17.1. The molecule has 0 radical (unpaired) electrons. The maximum absolute atomic E-state index is 12.3. The number of benzene rings is 1. The number of aromatic nitrogens is 1. The second-order valence-corrected chi connectivity index (χ2v) is 7.25. The van der Waals surface area contributed by atoms with Crippen LogP contribution in [0.3, 0.4) is 0 Å². The Hall–Kier alpha value is -2.70. The average molecular weight is 346 g/mol. The van der Waals surface area contributed by atoms with Crippen LogP contribution in [-0.2, 0) is 16.1 Å². The zero-order valence-electron chi connectivity index (χ0n) is 14.5. The summed E-state index contributed by atoms with van der Waals surface area (Å²) in [6.45, 7) is 6.13. The van der Waals surface area contributed by atoms with Gasteiger partial charge in [-0.25, -0.2) is 4.79 Å². The molecule has 0 saturated heterocycles. The minimum atomic E-state index is -1.06. The summed E-state index contributed by atoms with van der Waals surface area (Å²) in [6.07, 6.45) is -1.11. The Bertz CT molecular complexity index is 834. The van der Waals surface area contributed by atoms with Crippen molar-refractivity contribution in [2.75, 3.05) is 6.54 Å². The maximum Gasteiger partial charge on any atom is 0.407 e. The smallest absolute Gasteiger partial charge is 0.407 e. The molecule has 134 valence electrons. The fourth-order valence-electron chi connectivity index (χ4n) is 3.31. The first-order valence-corrected chi connectivity index (χ1v) is 8.19. The Morgan fingerprint density at radius 1 is 1.24 bits per heavy atom. The van der Waals surface area contributed by atoms with Gasteiger partial charge in [0.1, 0.15) is 11.4 Å². The third kappa shape index (κ3) is 3.40. The van der Waals surface area contributed by atoms with E-state index in [9.17, 15) is 19.8 Å². The summed E-state index contributed by atoms with van der Waals surface area (Å²) in [5.41, 5.74) is 1.02. The average Bonchev–Trinajstić information content (AvgIpc) is 2.83. The van der Waals surface area contributed by atoms with Gasteiger partial charge in [0.15, 0.2) is 0 Å². The van der Waals surface area contributed by atoms with E-state index in [-0.39, 0.29) is 12.2 Å². The van der Waals surface area contributed by atoms with Crippen molar-refractivity contribution >= 4 is 23.0 Å². The molecule has 7 nitrogen and oxygen atoms in total. The lowest BCUT2D eigenvalue weighted by molar-refractivity contribution is -0.156. The van der Waals surface area contributed by atoms with Crippen LogP contribution in [0.5, 0.6) is 5.75 Å². The highest BCUT2D eigenvalue weighted by molar-refractivity contribution is 5.84. The van der Waals surface area contributed by atoms with Gasteiger partial charge in [0.25, 0.3) is 0 Å². The van der Waals surface area contributed by atoms with E-state index in [0.29, 0.717) is 13.1 Å². The van der Waals surface area contributed by atoms with E-state index < -0.39 is 23.7 Å². The van der Waals surface area contributed by atoms with Gasteiger partial charge in [0.05, 0.1) is 12.5 Å². The molecular formula is C18H22N2O5. The standard InChI is InChI=1S/C18H22N2O5/c1-18(2,3)25-16(22)10-15-14-9-11-8-12(21)4-5-13(11)19(14)6-7-20(15)17(23)24/h4-5,8-9,15,21H,6-7,10H2,1-3H3,(H,23,24). The SMILES string of the molecule is CC(C)(C)OC(=O)CC1c2cc3cc(O)ccc3n2CCN1C(=O)O. The van der Waals surface area contributed by atoms with E-state index in [1.165, 1.54) is 4.90 Å². The van der Waals surface area contributed by atoms with E-state index >= 15 is 0 Å². The summed E-state index contributed by atoms with van der Waals surface area (Å²) in [7, 11) is 0. The Kier molecular flexibility index (Phi) is 4.10. The van der Waals surface area contributed by atoms with Gasteiger partial charge >= 0.3 is 12.1 Å². The second kappa shape index (κ2) is 5.98. The van der Waals surface area contributed by atoms with Crippen LogP contribution >= 0.6 is 0 Å². The Morgan fingerprint density at radius 2 is 1.96 bits per heavy atom. The van der Waals surface area contributed by atoms with Crippen molar-refractivity contribution in [2.24, 2.45) is 0 Å². The van der Waals surface area contributed by atoms with Crippen molar-refractivity contribution < 1.29 is 24.5 Å². The molecule has 2 heterocycles. The molecule has 1 aromatic carbocycles. The first-order chi connectivity index (χ1) is 11.7. The van der Waals surface area contributed by atoms with Crippen LogP contribution in [0, 0.1) is 0 Å². The van der Waals surface area contributed by atoms with Crippen LogP contribution in [0.4, 0.5) is 4.79 Å². The molecule has 0 aliphatic carbocycles. The molecule has 1 atom stereocenters. The fourth-order valence-corrected chi connectivity index (χ4v) is 3.31. The van der Waals surface area contributed by atoms with Crippen LogP contribution in [-0.4, -0.2) is 43.9 Å². The number of aromatic hydroxyl groups is 1. The monoisotopic (exact) mass is 346 g/mol. The zero-order valence-corrected chi connectivity index (χ0v) is 14.5. The van der Waals surface area contributed by atoms with Gasteiger partial charge in [0.2, 0.25) is 0 Å². The Morgan fingerprint density at radius 3 is 2.60 bits per heavy atom. The number of fused-ring (bicyclic) bond motifs is 3. The topological polar surface area (TPSA) is 92.0 Å². The summed E-state index contributed by atoms with van der Waals surface area (Å²) < 4.78 is 7.37. The number of nitrogens with zero attached hydrogens (tertiary/aromatic N) is 2. The summed E-state index contributed by atoms with van der Waals surface area (Å²) in [4.78, 5) is 25.2. The van der Waals surface area contributed by atoms with Gasteiger partial charge in [-0.1, -0.05) is 0 Å². The van der Waals surface area contributed by atoms with Crippen LogP contribution in [0.15, 0.2) is 24.3 Å². The van der Waals surface area contributed by atoms with E-state index in [1.54, 1.807) is 39.0 Å². The molecule has 0 fully saturated rings. The largest absolute Gasteiger partial charge is 0.508 e. The molecular weight excluding hydrogens is 324 g/mol.